The van der Waals surface area contributed by atoms with Gasteiger partial charge in [-0.05, 0) is 66.5 Å². The third kappa shape index (κ3) is 5.19. The highest BCUT2D eigenvalue weighted by Gasteiger charge is 2.34. The first-order valence-electron chi connectivity index (χ1n) is 12.0. The number of hydrogen-bond acceptors (Lipinski definition) is 5. The average Bonchev–Trinajstić information content (AvgIpc) is 2.85. The number of pyridine rings is 1. The molecule has 7 nitrogen and oxygen atoms in total. The number of carbonyl (C=O) groups is 3. The first-order chi connectivity index (χ1) is 16.7. The lowest BCUT2D eigenvalue weighted by Crippen LogP contribution is -2.31. The van der Waals surface area contributed by atoms with Gasteiger partial charge in [-0.25, -0.2) is 4.79 Å². The van der Waals surface area contributed by atoms with Crippen molar-refractivity contribution in [1.82, 2.24) is 4.98 Å². The molecule has 7 heteroatoms. The van der Waals surface area contributed by atoms with Crippen LogP contribution < -0.4 is 11.1 Å². The van der Waals surface area contributed by atoms with Gasteiger partial charge in [-0.15, -0.1) is 0 Å². The largest absolute Gasteiger partial charge is 0.452 e. The quantitative estimate of drug-likeness (QED) is 0.485. The molecule has 0 saturated carbocycles. The first kappa shape index (κ1) is 24.4. The third-order valence-corrected chi connectivity index (χ3v) is 7.27. The molecule has 3 aromatic rings. The summed E-state index contributed by atoms with van der Waals surface area (Å²) in [5.74, 6) is -1.10. The molecule has 2 aromatic carbocycles. The third-order valence-electron chi connectivity index (χ3n) is 7.27. The predicted octanol–water partition coefficient (Wildman–Crippen LogP) is 4.67. The van der Waals surface area contributed by atoms with Crippen molar-refractivity contribution >= 4 is 34.4 Å². The van der Waals surface area contributed by atoms with Crippen molar-refractivity contribution in [1.29, 1.82) is 0 Å². The van der Waals surface area contributed by atoms with Gasteiger partial charge in [0.25, 0.3) is 5.91 Å². The van der Waals surface area contributed by atoms with Crippen LogP contribution in [0.4, 0.5) is 5.69 Å². The number of anilines is 1. The van der Waals surface area contributed by atoms with E-state index in [2.05, 4.69) is 26.1 Å². The predicted molar refractivity (Wildman–Crippen MR) is 135 cm³/mol. The van der Waals surface area contributed by atoms with Crippen molar-refractivity contribution < 1.29 is 19.1 Å². The van der Waals surface area contributed by atoms with Crippen LogP contribution in [0.15, 0.2) is 48.5 Å². The summed E-state index contributed by atoms with van der Waals surface area (Å²) in [6.45, 7) is 6.32. The van der Waals surface area contributed by atoms with E-state index >= 15 is 0 Å². The minimum Gasteiger partial charge on any atom is -0.452 e. The van der Waals surface area contributed by atoms with Gasteiger partial charge < -0.3 is 15.8 Å². The van der Waals surface area contributed by atoms with Gasteiger partial charge in [-0.3, -0.25) is 14.6 Å². The Hall–Kier alpha value is -3.74. The molecule has 1 heterocycles. The molecule has 35 heavy (non-hydrogen) atoms. The lowest BCUT2D eigenvalue weighted by molar-refractivity contribution is -0.119. The monoisotopic (exact) mass is 473 g/mol. The summed E-state index contributed by atoms with van der Waals surface area (Å²) in [7, 11) is 0. The van der Waals surface area contributed by atoms with Crippen LogP contribution in [0.25, 0.3) is 10.9 Å². The number of primary amides is 1. The Morgan fingerprint density at radius 1 is 1.11 bits per heavy atom. The number of aryl methyl sites for hydroxylation is 1. The number of amides is 2. The molecule has 1 aliphatic carbocycles. The Morgan fingerprint density at radius 3 is 2.51 bits per heavy atom. The smallest absolute Gasteiger partial charge is 0.339 e. The van der Waals surface area contributed by atoms with Crippen molar-refractivity contribution in [2.45, 2.75) is 46.5 Å². The van der Waals surface area contributed by atoms with E-state index in [1.807, 2.05) is 24.3 Å². The molecule has 182 valence electrons. The minimum absolute atomic E-state index is 0.147. The first-order valence-corrected chi connectivity index (χ1v) is 12.0. The summed E-state index contributed by atoms with van der Waals surface area (Å²) in [6, 6.07) is 13.8. The van der Waals surface area contributed by atoms with Crippen LogP contribution >= 0.6 is 0 Å². The van der Waals surface area contributed by atoms with Crippen LogP contribution in [0, 0.1) is 11.3 Å². The van der Waals surface area contributed by atoms with Crippen LogP contribution in [-0.2, 0) is 22.4 Å². The zero-order chi connectivity index (χ0) is 25.2. The van der Waals surface area contributed by atoms with Gasteiger partial charge in [0.1, 0.15) is 0 Å². The molecule has 1 aliphatic rings. The second-order valence-electron chi connectivity index (χ2n) is 9.78. The summed E-state index contributed by atoms with van der Waals surface area (Å²) >= 11 is 0. The van der Waals surface area contributed by atoms with E-state index in [-0.39, 0.29) is 5.41 Å². The van der Waals surface area contributed by atoms with Gasteiger partial charge in [0.2, 0.25) is 5.91 Å². The zero-order valence-electron chi connectivity index (χ0n) is 20.4. The fraction of sp³-hybridized carbons (Fsp3) is 0.357. The van der Waals surface area contributed by atoms with Gasteiger partial charge >= 0.3 is 5.97 Å². The van der Waals surface area contributed by atoms with E-state index in [9.17, 15) is 14.4 Å². The van der Waals surface area contributed by atoms with Crippen LogP contribution in [-0.4, -0.2) is 29.4 Å². The Bertz CT molecular complexity index is 1280. The van der Waals surface area contributed by atoms with Gasteiger partial charge in [-0.2, -0.15) is 0 Å². The normalized spacial score (nSPS) is 15.3. The zero-order valence-corrected chi connectivity index (χ0v) is 20.4. The molecular formula is C28H31N3O4. The maximum Gasteiger partial charge on any atom is 0.339 e. The second kappa shape index (κ2) is 9.86. The molecule has 0 radical (unpaired) electrons. The molecular weight excluding hydrogens is 442 g/mol. The van der Waals surface area contributed by atoms with E-state index in [4.69, 9.17) is 15.5 Å². The highest BCUT2D eigenvalue weighted by Crippen LogP contribution is 2.41. The number of esters is 1. The molecule has 0 aliphatic heterocycles. The molecule has 3 N–H and O–H groups in total. The molecule has 0 saturated heterocycles. The Kier molecular flexibility index (Phi) is 6.87. The van der Waals surface area contributed by atoms with Crippen molar-refractivity contribution in [3.8, 4) is 0 Å². The van der Waals surface area contributed by atoms with Gasteiger partial charge in [0.15, 0.2) is 6.61 Å². The van der Waals surface area contributed by atoms with Crippen molar-refractivity contribution in [2.24, 2.45) is 17.1 Å². The lowest BCUT2D eigenvalue weighted by Gasteiger charge is -2.37. The van der Waals surface area contributed by atoms with Gasteiger partial charge in [0.05, 0.1) is 11.1 Å². The standard InChI is InChI=1S/C28H31N3O4/c1-4-28(2,3)18-11-14-23-21(15-18)25(20-7-5-6-8-22(20)31-23)27(34)35-16-24(32)30-19-12-9-17(10-13-19)26(29)33/h5-10,12-13,18H,4,11,14-16H2,1-3H3,(H2,29,33)(H,30,32)/t18-/m0/s1. The van der Waals surface area contributed by atoms with Crippen LogP contribution in [0.1, 0.15) is 65.6 Å². The van der Waals surface area contributed by atoms with E-state index in [1.165, 1.54) is 12.1 Å². The molecule has 0 spiro atoms. The number of aromatic nitrogens is 1. The number of nitrogens with two attached hydrogens (primary N) is 1. The summed E-state index contributed by atoms with van der Waals surface area (Å²) in [5.41, 5.74) is 9.36. The maximum absolute atomic E-state index is 13.4. The number of nitrogens with one attached hydrogen (secondary N) is 1. The number of benzene rings is 2. The molecule has 1 atom stereocenters. The molecule has 4 rings (SSSR count). The number of rotatable bonds is 7. The summed E-state index contributed by atoms with van der Waals surface area (Å²) in [5, 5.41) is 3.41. The fourth-order valence-corrected chi connectivity index (χ4v) is 4.70. The van der Waals surface area contributed by atoms with Gasteiger partial charge in [-0.1, -0.05) is 45.4 Å². The second-order valence-corrected chi connectivity index (χ2v) is 9.78. The number of para-hydroxylation sites is 1. The van der Waals surface area contributed by atoms with E-state index in [0.29, 0.717) is 22.7 Å². The van der Waals surface area contributed by atoms with E-state index in [0.717, 1.165) is 47.8 Å². The number of carbonyl (C=O) groups excluding carboxylic acids is 3. The fourth-order valence-electron chi connectivity index (χ4n) is 4.70. The van der Waals surface area contributed by atoms with E-state index in [1.54, 1.807) is 12.1 Å². The summed E-state index contributed by atoms with van der Waals surface area (Å²) in [4.78, 5) is 41.9. The number of nitrogens with zero attached hydrogens (tertiary/aromatic N) is 1. The Morgan fingerprint density at radius 2 is 1.83 bits per heavy atom. The lowest BCUT2D eigenvalue weighted by atomic mass is 9.68. The van der Waals surface area contributed by atoms with Crippen LogP contribution in [0.3, 0.4) is 0 Å². The minimum atomic E-state index is -0.547. The number of fused-ring (bicyclic) bond motifs is 2. The maximum atomic E-state index is 13.4. The van der Waals surface area contributed by atoms with Crippen molar-refractivity contribution in [3.05, 3.63) is 70.9 Å². The van der Waals surface area contributed by atoms with Crippen molar-refractivity contribution in [3.63, 3.8) is 0 Å². The average molecular weight is 474 g/mol. The van der Waals surface area contributed by atoms with Gasteiger partial charge in [0, 0.05) is 22.3 Å². The molecule has 0 fully saturated rings. The number of hydrogen-bond donors (Lipinski definition) is 2. The summed E-state index contributed by atoms with van der Waals surface area (Å²) in [6.07, 6.45) is 3.66. The topological polar surface area (TPSA) is 111 Å². The Labute approximate surface area is 205 Å². The van der Waals surface area contributed by atoms with Crippen LogP contribution in [0.5, 0.6) is 0 Å². The molecule has 2 amide bonds. The van der Waals surface area contributed by atoms with Crippen LogP contribution in [0.2, 0.25) is 0 Å². The number of ether oxygens (including phenoxy) is 1. The van der Waals surface area contributed by atoms with Crippen molar-refractivity contribution in [2.75, 3.05) is 11.9 Å². The SMILES string of the molecule is CCC(C)(C)[C@H]1CCc2nc3ccccc3c(C(=O)OCC(=O)Nc3ccc(C(N)=O)cc3)c2C1. The molecule has 0 unspecified atom stereocenters. The van der Waals surface area contributed by atoms with E-state index < -0.39 is 24.4 Å². The molecule has 0 bridgehead atoms. The summed E-state index contributed by atoms with van der Waals surface area (Å²) < 4.78 is 5.49. The molecule has 1 aromatic heterocycles. The highest BCUT2D eigenvalue weighted by atomic mass is 16.5. The Balaban J connectivity index is 1.55. The highest BCUT2D eigenvalue weighted by molar-refractivity contribution is 6.06.